The second-order valence-electron chi connectivity index (χ2n) is 4.80. The molecular formula is C11H21NO6. The Balaban J connectivity index is 2.85. The van der Waals surface area contributed by atoms with Crippen LogP contribution in [0.4, 0.5) is 0 Å². The fourth-order valence-corrected chi connectivity index (χ4v) is 2.12. The molecule has 0 aromatic heterocycles. The van der Waals surface area contributed by atoms with E-state index in [0.29, 0.717) is 0 Å². The Morgan fingerprint density at radius 1 is 1.28 bits per heavy atom. The summed E-state index contributed by atoms with van der Waals surface area (Å²) in [5, 5.41) is 39.9. The predicted octanol–water partition coefficient (Wildman–Crippen LogP) is -2.40. The molecule has 1 rings (SSSR count). The number of aliphatic hydroxyl groups is 4. The highest BCUT2D eigenvalue weighted by atomic mass is 16.5. The van der Waals surface area contributed by atoms with Crippen molar-refractivity contribution in [2.75, 3.05) is 13.2 Å². The Bertz CT molecular complexity index is 285. The molecule has 7 heteroatoms. The van der Waals surface area contributed by atoms with Gasteiger partial charge in [-0.1, -0.05) is 13.8 Å². The molecule has 5 unspecified atom stereocenters. The minimum Gasteiger partial charge on any atom is -0.394 e. The number of nitrogens with one attached hydrogen (secondary N) is 1. The van der Waals surface area contributed by atoms with E-state index in [1.54, 1.807) is 0 Å². The molecule has 0 aromatic rings. The van der Waals surface area contributed by atoms with Crippen molar-refractivity contribution in [1.82, 2.24) is 5.32 Å². The third-order valence-electron chi connectivity index (χ3n) is 3.09. The smallest absolute Gasteiger partial charge is 0.246 e. The number of carbonyl (C=O) groups is 1. The van der Waals surface area contributed by atoms with Crippen molar-refractivity contribution in [2.24, 2.45) is 5.92 Å². The summed E-state index contributed by atoms with van der Waals surface area (Å²) in [6, 6.07) is -0.817. The van der Waals surface area contributed by atoms with Crippen LogP contribution in [0.1, 0.15) is 13.8 Å². The second-order valence-corrected chi connectivity index (χ2v) is 4.80. The normalized spacial score (nSPS) is 36.7. The molecule has 7 nitrogen and oxygen atoms in total. The predicted molar refractivity (Wildman–Crippen MR) is 61.6 cm³/mol. The van der Waals surface area contributed by atoms with Gasteiger partial charge in [-0.15, -0.1) is 0 Å². The van der Waals surface area contributed by atoms with Crippen molar-refractivity contribution in [1.29, 1.82) is 0 Å². The van der Waals surface area contributed by atoms with Crippen LogP contribution in [0.25, 0.3) is 0 Å². The lowest BCUT2D eigenvalue weighted by atomic mass is 9.87. The first kappa shape index (κ1) is 15.3. The summed E-state index contributed by atoms with van der Waals surface area (Å²) >= 11 is 0. The molecule has 0 aliphatic carbocycles. The van der Waals surface area contributed by atoms with Crippen LogP contribution in [0, 0.1) is 5.92 Å². The molecule has 1 fully saturated rings. The largest absolute Gasteiger partial charge is 0.394 e. The van der Waals surface area contributed by atoms with Crippen LogP contribution in [0.3, 0.4) is 0 Å². The fraction of sp³-hybridized carbons (Fsp3) is 0.909. The maximum Gasteiger partial charge on any atom is 0.246 e. The number of ether oxygens (including phenoxy) is 1. The van der Waals surface area contributed by atoms with Gasteiger partial charge in [0.05, 0.1) is 18.8 Å². The van der Waals surface area contributed by atoms with Gasteiger partial charge in [0, 0.05) is 0 Å². The Labute approximate surface area is 105 Å². The van der Waals surface area contributed by atoms with Crippen molar-refractivity contribution < 1.29 is 30.0 Å². The Kier molecular flexibility index (Phi) is 5.48. The van der Waals surface area contributed by atoms with Crippen LogP contribution in [0.5, 0.6) is 0 Å². The average Bonchev–Trinajstić information content (AvgIpc) is 2.34. The van der Waals surface area contributed by atoms with Gasteiger partial charge in [0.1, 0.15) is 24.9 Å². The van der Waals surface area contributed by atoms with E-state index in [0.717, 1.165) is 0 Å². The van der Waals surface area contributed by atoms with Crippen LogP contribution in [-0.4, -0.2) is 70.0 Å². The van der Waals surface area contributed by atoms with Gasteiger partial charge in [0.25, 0.3) is 0 Å². The molecule has 1 saturated heterocycles. The molecule has 1 aliphatic rings. The van der Waals surface area contributed by atoms with E-state index < -0.39 is 49.6 Å². The summed E-state index contributed by atoms with van der Waals surface area (Å²) in [5.74, 6) is -0.687. The molecule has 1 heterocycles. The number of aliphatic hydroxyl groups excluding tert-OH is 4. The number of hydrogen-bond donors (Lipinski definition) is 5. The van der Waals surface area contributed by atoms with Gasteiger partial charge >= 0.3 is 0 Å². The van der Waals surface area contributed by atoms with Crippen molar-refractivity contribution >= 4 is 5.91 Å². The first-order valence-corrected chi connectivity index (χ1v) is 5.95. The summed E-state index contributed by atoms with van der Waals surface area (Å²) in [4.78, 5) is 11.2. The van der Waals surface area contributed by atoms with Gasteiger partial charge in [-0.3, -0.25) is 4.79 Å². The number of amides is 1. The van der Waals surface area contributed by atoms with Crippen LogP contribution in [0.2, 0.25) is 0 Å². The summed E-state index contributed by atoms with van der Waals surface area (Å²) in [7, 11) is 0. The van der Waals surface area contributed by atoms with E-state index in [-0.39, 0.29) is 5.92 Å². The first-order valence-electron chi connectivity index (χ1n) is 5.95. The van der Waals surface area contributed by atoms with Gasteiger partial charge in [-0.25, -0.2) is 0 Å². The molecule has 106 valence electrons. The monoisotopic (exact) mass is 263 g/mol. The molecular weight excluding hydrogens is 242 g/mol. The molecule has 18 heavy (non-hydrogen) atoms. The van der Waals surface area contributed by atoms with E-state index in [2.05, 4.69) is 5.32 Å². The molecule has 1 amide bonds. The fourth-order valence-electron chi connectivity index (χ4n) is 2.12. The van der Waals surface area contributed by atoms with E-state index in [1.165, 1.54) is 0 Å². The van der Waals surface area contributed by atoms with Crippen molar-refractivity contribution in [3.05, 3.63) is 0 Å². The summed E-state index contributed by atoms with van der Waals surface area (Å²) in [6.07, 6.45) is -3.96. The SMILES string of the molecule is CC(C)C1OC(CO)C(O)C(O)C1NC(=O)CO. The zero-order chi connectivity index (χ0) is 13.9. The van der Waals surface area contributed by atoms with Gasteiger partial charge in [0.2, 0.25) is 5.91 Å². The van der Waals surface area contributed by atoms with Crippen LogP contribution in [0.15, 0.2) is 0 Å². The highest BCUT2D eigenvalue weighted by Crippen LogP contribution is 2.25. The lowest BCUT2D eigenvalue weighted by Crippen LogP contribution is -2.65. The van der Waals surface area contributed by atoms with Crippen molar-refractivity contribution in [2.45, 2.75) is 44.3 Å². The molecule has 1 aliphatic heterocycles. The summed E-state index contributed by atoms with van der Waals surface area (Å²) < 4.78 is 5.48. The maximum absolute atomic E-state index is 11.2. The summed E-state index contributed by atoms with van der Waals surface area (Å²) in [6.45, 7) is 2.55. The first-order chi connectivity index (χ1) is 8.42. The minimum absolute atomic E-state index is 0.0369. The number of hydrogen-bond acceptors (Lipinski definition) is 6. The van der Waals surface area contributed by atoms with E-state index >= 15 is 0 Å². The van der Waals surface area contributed by atoms with E-state index in [4.69, 9.17) is 14.9 Å². The third-order valence-corrected chi connectivity index (χ3v) is 3.09. The topological polar surface area (TPSA) is 119 Å². The number of carbonyl (C=O) groups excluding carboxylic acids is 1. The molecule has 0 radical (unpaired) electrons. The van der Waals surface area contributed by atoms with Crippen LogP contribution in [-0.2, 0) is 9.53 Å². The van der Waals surface area contributed by atoms with Gasteiger partial charge < -0.3 is 30.5 Å². The zero-order valence-corrected chi connectivity index (χ0v) is 10.5. The second kappa shape index (κ2) is 6.44. The molecule has 5 atom stereocenters. The molecule has 0 saturated carbocycles. The number of rotatable bonds is 4. The van der Waals surface area contributed by atoms with E-state index in [9.17, 15) is 15.0 Å². The molecule has 0 bridgehead atoms. The highest BCUT2D eigenvalue weighted by Gasteiger charge is 2.45. The Morgan fingerprint density at radius 2 is 1.89 bits per heavy atom. The van der Waals surface area contributed by atoms with Gasteiger partial charge in [-0.2, -0.15) is 0 Å². The summed E-state index contributed by atoms with van der Waals surface area (Å²) in [5.41, 5.74) is 0. The molecule has 5 N–H and O–H groups in total. The standard InChI is InChI=1S/C11H21NO6/c1-5(2)11-8(12-7(15)4-14)10(17)9(16)6(3-13)18-11/h5-6,8-11,13-14,16-17H,3-4H2,1-2H3,(H,12,15). The van der Waals surface area contributed by atoms with Crippen molar-refractivity contribution in [3.63, 3.8) is 0 Å². The van der Waals surface area contributed by atoms with E-state index in [1.807, 2.05) is 13.8 Å². The average molecular weight is 263 g/mol. The lowest BCUT2D eigenvalue weighted by Gasteiger charge is -2.44. The minimum atomic E-state index is -1.28. The molecule has 0 aromatic carbocycles. The van der Waals surface area contributed by atoms with Gasteiger partial charge in [0.15, 0.2) is 0 Å². The van der Waals surface area contributed by atoms with Crippen LogP contribution < -0.4 is 5.32 Å². The molecule has 0 spiro atoms. The van der Waals surface area contributed by atoms with Gasteiger partial charge in [-0.05, 0) is 5.92 Å². The highest BCUT2D eigenvalue weighted by molar-refractivity contribution is 5.77. The lowest BCUT2D eigenvalue weighted by molar-refractivity contribution is -0.204. The Hall–Kier alpha value is -0.730. The van der Waals surface area contributed by atoms with Crippen molar-refractivity contribution in [3.8, 4) is 0 Å². The third kappa shape index (κ3) is 3.18. The quantitative estimate of drug-likeness (QED) is 0.386. The Morgan fingerprint density at radius 3 is 2.33 bits per heavy atom. The maximum atomic E-state index is 11.2. The van der Waals surface area contributed by atoms with Crippen LogP contribution >= 0.6 is 0 Å². The zero-order valence-electron chi connectivity index (χ0n) is 10.5.